The summed E-state index contributed by atoms with van der Waals surface area (Å²) in [5, 5.41) is 6.20. The van der Waals surface area contributed by atoms with Gasteiger partial charge in [-0.05, 0) is 24.3 Å². The SMILES string of the molecule is CN(C)c1cnc2ccc(-c3nc(Nc4ccc(C(=O)N5CCNCC5)cn4)ncc3F)cc2n1. The van der Waals surface area contributed by atoms with Crippen LogP contribution in [0.5, 0.6) is 0 Å². The number of carbonyl (C=O) groups excluding carboxylic acids is 1. The number of nitrogens with one attached hydrogen (secondary N) is 2. The second kappa shape index (κ2) is 9.55. The van der Waals surface area contributed by atoms with Crippen molar-refractivity contribution >= 4 is 34.5 Å². The van der Waals surface area contributed by atoms with Gasteiger partial charge in [-0.25, -0.2) is 24.3 Å². The maximum Gasteiger partial charge on any atom is 0.255 e. The molecule has 178 valence electrons. The monoisotopic (exact) mass is 473 g/mol. The molecule has 1 aromatic carbocycles. The molecule has 0 saturated carbocycles. The molecule has 1 saturated heterocycles. The quantitative estimate of drug-likeness (QED) is 0.451. The average Bonchev–Trinajstić information content (AvgIpc) is 2.89. The summed E-state index contributed by atoms with van der Waals surface area (Å²) in [7, 11) is 3.76. The maximum absolute atomic E-state index is 14.7. The van der Waals surface area contributed by atoms with Crippen molar-refractivity contribution in [1.29, 1.82) is 0 Å². The minimum Gasteiger partial charge on any atom is -0.361 e. The molecular formula is C24H24FN9O. The van der Waals surface area contributed by atoms with Crippen LogP contribution in [-0.4, -0.2) is 76.0 Å². The topological polar surface area (TPSA) is 112 Å². The number of benzene rings is 1. The highest BCUT2D eigenvalue weighted by Crippen LogP contribution is 2.26. The molecule has 0 aliphatic carbocycles. The van der Waals surface area contributed by atoms with E-state index < -0.39 is 5.82 Å². The number of piperazine rings is 1. The Morgan fingerprint density at radius 1 is 1.00 bits per heavy atom. The fourth-order valence-electron chi connectivity index (χ4n) is 3.75. The summed E-state index contributed by atoms with van der Waals surface area (Å²) in [4.78, 5) is 37.9. The number of aromatic nitrogens is 5. The lowest BCUT2D eigenvalue weighted by Gasteiger charge is -2.27. The number of carbonyl (C=O) groups is 1. The third-order valence-corrected chi connectivity index (χ3v) is 5.66. The summed E-state index contributed by atoms with van der Waals surface area (Å²) >= 11 is 0. The van der Waals surface area contributed by atoms with E-state index in [9.17, 15) is 9.18 Å². The van der Waals surface area contributed by atoms with Crippen molar-refractivity contribution in [3.05, 3.63) is 60.3 Å². The van der Waals surface area contributed by atoms with Gasteiger partial charge in [-0.15, -0.1) is 0 Å². The van der Waals surface area contributed by atoms with Crippen LogP contribution >= 0.6 is 0 Å². The fourth-order valence-corrected chi connectivity index (χ4v) is 3.75. The molecule has 1 aliphatic rings. The molecular weight excluding hydrogens is 449 g/mol. The molecule has 3 aromatic heterocycles. The first-order valence-electron chi connectivity index (χ1n) is 11.2. The van der Waals surface area contributed by atoms with Gasteiger partial charge in [0.05, 0.1) is 29.0 Å². The van der Waals surface area contributed by atoms with Gasteiger partial charge in [-0.3, -0.25) is 9.78 Å². The predicted molar refractivity (Wildman–Crippen MR) is 131 cm³/mol. The minimum atomic E-state index is -0.559. The third kappa shape index (κ3) is 4.85. The van der Waals surface area contributed by atoms with Crippen molar-refractivity contribution in [3.63, 3.8) is 0 Å². The molecule has 0 unspecified atom stereocenters. The van der Waals surface area contributed by atoms with Gasteiger partial charge >= 0.3 is 0 Å². The molecule has 35 heavy (non-hydrogen) atoms. The summed E-state index contributed by atoms with van der Waals surface area (Å²) in [5.74, 6) is 0.715. The van der Waals surface area contributed by atoms with Crippen molar-refractivity contribution in [3.8, 4) is 11.3 Å². The molecule has 4 aromatic rings. The van der Waals surface area contributed by atoms with Gasteiger partial charge in [-0.2, -0.15) is 0 Å². The molecule has 0 atom stereocenters. The number of amides is 1. The molecule has 1 aliphatic heterocycles. The fraction of sp³-hybridized carbons (Fsp3) is 0.250. The van der Waals surface area contributed by atoms with Crippen LogP contribution in [0.4, 0.5) is 22.0 Å². The van der Waals surface area contributed by atoms with Gasteiger partial charge in [0.25, 0.3) is 5.91 Å². The summed E-state index contributed by atoms with van der Waals surface area (Å²) < 4.78 is 14.7. The maximum atomic E-state index is 14.7. The highest BCUT2D eigenvalue weighted by atomic mass is 19.1. The zero-order valence-corrected chi connectivity index (χ0v) is 19.4. The molecule has 1 amide bonds. The summed E-state index contributed by atoms with van der Waals surface area (Å²) in [6, 6.07) is 8.65. The van der Waals surface area contributed by atoms with Crippen molar-refractivity contribution in [2.45, 2.75) is 0 Å². The number of halogens is 1. The van der Waals surface area contributed by atoms with Crippen LogP contribution in [0.25, 0.3) is 22.3 Å². The molecule has 10 nitrogen and oxygen atoms in total. The lowest BCUT2D eigenvalue weighted by atomic mass is 10.1. The first kappa shape index (κ1) is 22.5. The van der Waals surface area contributed by atoms with Gasteiger partial charge < -0.3 is 20.4 Å². The third-order valence-electron chi connectivity index (χ3n) is 5.66. The Bertz CT molecular complexity index is 1370. The Morgan fingerprint density at radius 2 is 1.83 bits per heavy atom. The lowest BCUT2D eigenvalue weighted by molar-refractivity contribution is 0.0735. The number of pyridine rings is 1. The molecule has 5 rings (SSSR count). The Balaban J connectivity index is 1.37. The zero-order chi connectivity index (χ0) is 24.4. The van der Waals surface area contributed by atoms with Crippen molar-refractivity contribution in [2.24, 2.45) is 0 Å². The van der Waals surface area contributed by atoms with Gasteiger partial charge in [0.1, 0.15) is 17.3 Å². The summed E-state index contributed by atoms with van der Waals surface area (Å²) in [6.45, 7) is 2.90. The van der Waals surface area contributed by atoms with E-state index in [1.807, 2.05) is 19.0 Å². The Morgan fingerprint density at radius 3 is 2.57 bits per heavy atom. The second-order valence-electron chi connectivity index (χ2n) is 8.32. The van der Waals surface area contributed by atoms with Gasteiger partial charge in [-0.1, -0.05) is 6.07 Å². The van der Waals surface area contributed by atoms with Crippen molar-refractivity contribution < 1.29 is 9.18 Å². The Hall–Kier alpha value is -4.25. The first-order valence-corrected chi connectivity index (χ1v) is 11.2. The smallest absolute Gasteiger partial charge is 0.255 e. The molecule has 0 spiro atoms. The zero-order valence-electron chi connectivity index (χ0n) is 19.4. The second-order valence-corrected chi connectivity index (χ2v) is 8.32. The van der Waals surface area contributed by atoms with Crippen molar-refractivity contribution in [2.75, 3.05) is 50.5 Å². The van der Waals surface area contributed by atoms with Gasteiger partial charge in [0.2, 0.25) is 5.95 Å². The number of nitrogens with zero attached hydrogens (tertiary/aromatic N) is 7. The van der Waals surface area contributed by atoms with Crippen LogP contribution in [-0.2, 0) is 0 Å². The van der Waals surface area contributed by atoms with E-state index in [-0.39, 0.29) is 17.5 Å². The summed E-state index contributed by atoms with van der Waals surface area (Å²) in [6.07, 6.45) is 4.31. The lowest BCUT2D eigenvalue weighted by Crippen LogP contribution is -2.46. The van der Waals surface area contributed by atoms with Crippen LogP contribution < -0.4 is 15.5 Å². The first-order chi connectivity index (χ1) is 17.0. The average molecular weight is 474 g/mol. The molecule has 11 heteroatoms. The van der Waals surface area contributed by atoms with E-state index in [0.29, 0.717) is 46.9 Å². The van der Waals surface area contributed by atoms with Crippen LogP contribution in [0.2, 0.25) is 0 Å². The van der Waals surface area contributed by atoms with E-state index >= 15 is 0 Å². The summed E-state index contributed by atoms with van der Waals surface area (Å²) in [5.41, 5.74) is 2.52. The van der Waals surface area contributed by atoms with Gasteiger partial charge in [0, 0.05) is 52.0 Å². The van der Waals surface area contributed by atoms with Crippen LogP contribution in [0.3, 0.4) is 0 Å². The highest BCUT2D eigenvalue weighted by Gasteiger charge is 2.18. The van der Waals surface area contributed by atoms with E-state index in [2.05, 4.69) is 35.6 Å². The van der Waals surface area contributed by atoms with Crippen LogP contribution in [0.15, 0.2) is 48.9 Å². The van der Waals surface area contributed by atoms with E-state index in [0.717, 1.165) is 19.3 Å². The number of fused-ring (bicyclic) bond motifs is 1. The molecule has 0 bridgehead atoms. The Labute approximate surface area is 201 Å². The molecule has 0 radical (unpaired) electrons. The van der Waals surface area contributed by atoms with Crippen LogP contribution in [0, 0.1) is 5.82 Å². The van der Waals surface area contributed by atoms with E-state index in [1.165, 1.54) is 6.20 Å². The van der Waals surface area contributed by atoms with Crippen LogP contribution in [0.1, 0.15) is 10.4 Å². The van der Waals surface area contributed by atoms with Crippen molar-refractivity contribution in [1.82, 2.24) is 35.1 Å². The highest BCUT2D eigenvalue weighted by molar-refractivity contribution is 5.94. The standard InChI is InChI=1S/C24H24FN9O/c1-33(2)21-14-27-18-5-3-15(11-19(18)30-21)22-17(25)13-29-24(32-22)31-20-6-4-16(12-28-20)23(35)34-9-7-26-8-10-34/h3-6,11-14,26H,7-10H2,1-2H3,(H,28,29,31,32). The number of hydrogen-bond donors (Lipinski definition) is 2. The molecule has 1 fully saturated rings. The van der Waals surface area contributed by atoms with Gasteiger partial charge in [0.15, 0.2) is 5.82 Å². The number of anilines is 3. The van der Waals surface area contributed by atoms with E-state index in [4.69, 9.17) is 0 Å². The minimum absolute atomic E-state index is 0.0531. The molecule has 4 heterocycles. The number of rotatable bonds is 5. The van der Waals surface area contributed by atoms with E-state index in [1.54, 1.807) is 41.4 Å². The predicted octanol–water partition coefficient (Wildman–Crippen LogP) is 2.48. The normalized spacial score (nSPS) is 13.6. The largest absolute Gasteiger partial charge is 0.361 e. The number of hydrogen-bond acceptors (Lipinski definition) is 9. The Kier molecular flexibility index (Phi) is 6.15. The molecule has 2 N–H and O–H groups in total.